The van der Waals surface area contributed by atoms with E-state index < -0.39 is 10.0 Å². The fourth-order valence-corrected chi connectivity index (χ4v) is 4.50. The number of rotatable bonds is 5. The number of aryl methyl sites for hydroxylation is 1. The van der Waals surface area contributed by atoms with Crippen LogP contribution in [0.4, 0.5) is 0 Å². The van der Waals surface area contributed by atoms with Gasteiger partial charge in [0.05, 0.1) is 17.5 Å². The smallest absolute Gasteiger partial charge is 0.211 e. The highest BCUT2D eigenvalue weighted by Crippen LogP contribution is 2.21. The molecule has 0 amide bonds. The van der Waals surface area contributed by atoms with E-state index in [0.29, 0.717) is 19.0 Å². The number of hydrogen-bond donors (Lipinski definition) is 0. The Kier molecular flexibility index (Phi) is 5.17. The molecule has 0 bridgehead atoms. The van der Waals surface area contributed by atoms with E-state index in [-0.39, 0.29) is 0 Å². The van der Waals surface area contributed by atoms with Crippen LogP contribution in [0.25, 0.3) is 0 Å². The zero-order chi connectivity index (χ0) is 14.8. The summed E-state index contributed by atoms with van der Waals surface area (Å²) in [5.41, 5.74) is 2.98. The lowest BCUT2D eigenvalue weighted by Gasteiger charge is -2.33. The molecule has 0 saturated carbocycles. The van der Waals surface area contributed by atoms with Gasteiger partial charge in [-0.05, 0) is 32.7 Å². The molecule has 0 aromatic carbocycles. The number of nitrogens with zero attached hydrogens (tertiary/aromatic N) is 3. The molecular formula is C13H23N3O2S2. The van der Waals surface area contributed by atoms with Crippen LogP contribution in [0.5, 0.6) is 0 Å². The van der Waals surface area contributed by atoms with Crippen LogP contribution >= 0.6 is 11.3 Å². The lowest BCUT2D eigenvalue weighted by molar-refractivity contribution is 0.197. The predicted molar refractivity (Wildman–Crippen MR) is 82.3 cm³/mol. The molecule has 114 valence electrons. The fraction of sp³-hybridized carbons (Fsp3) is 0.769. The third-order valence-electron chi connectivity index (χ3n) is 3.78. The molecule has 1 atom stereocenters. The second kappa shape index (κ2) is 6.51. The zero-order valence-electron chi connectivity index (χ0n) is 12.4. The molecule has 0 N–H and O–H groups in total. The summed E-state index contributed by atoms with van der Waals surface area (Å²) in [5.74, 6) is 0.428. The number of hydrogen-bond acceptors (Lipinski definition) is 5. The Morgan fingerprint density at radius 2 is 2.30 bits per heavy atom. The Morgan fingerprint density at radius 1 is 1.55 bits per heavy atom. The maximum atomic E-state index is 11.6. The topological polar surface area (TPSA) is 53.5 Å². The van der Waals surface area contributed by atoms with E-state index in [1.807, 2.05) is 12.4 Å². The van der Waals surface area contributed by atoms with E-state index >= 15 is 0 Å². The van der Waals surface area contributed by atoms with Gasteiger partial charge in [0.1, 0.15) is 0 Å². The van der Waals surface area contributed by atoms with Crippen LogP contribution in [0.2, 0.25) is 0 Å². The normalized spacial score (nSPS) is 21.5. The van der Waals surface area contributed by atoms with E-state index in [2.05, 4.69) is 16.9 Å². The van der Waals surface area contributed by atoms with Crippen molar-refractivity contribution in [3.05, 3.63) is 16.1 Å². The van der Waals surface area contributed by atoms with Crippen molar-refractivity contribution in [3.63, 3.8) is 0 Å². The molecule has 2 rings (SSSR count). The third kappa shape index (κ3) is 4.25. The maximum absolute atomic E-state index is 11.6. The molecule has 5 nitrogen and oxygen atoms in total. The first-order valence-electron chi connectivity index (χ1n) is 6.89. The summed E-state index contributed by atoms with van der Waals surface area (Å²) in [6, 6.07) is 0. The first kappa shape index (κ1) is 15.9. The summed E-state index contributed by atoms with van der Waals surface area (Å²) < 4.78 is 24.9. The Bertz CT molecular complexity index is 542. The quantitative estimate of drug-likeness (QED) is 0.827. The van der Waals surface area contributed by atoms with E-state index in [9.17, 15) is 8.42 Å². The molecule has 1 aromatic rings. The highest BCUT2D eigenvalue weighted by atomic mass is 32.2. The SMILES string of the molecule is Cc1ncsc1CN(C)C[C@H]1CCCN(S(C)(=O)=O)C1. The minimum atomic E-state index is -3.04. The van der Waals surface area contributed by atoms with Crippen molar-refractivity contribution in [1.29, 1.82) is 0 Å². The largest absolute Gasteiger partial charge is 0.301 e. The van der Waals surface area contributed by atoms with Gasteiger partial charge in [-0.1, -0.05) is 0 Å². The second-order valence-electron chi connectivity index (χ2n) is 5.69. The van der Waals surface area contributed by atoms with Crippen LogP contribution in [0.1, 0.15) is 23.4 Å². The van der Waals surface area contributed by atoms with Gasteiger partial charge in [0.15, 0.2) is 0 Å². The summed E-state index contributed by atoms with van der Waals surface area (Å²) in [4.78, 5) is 7.83. The zero-order valence-corrected chi connectivity index (χ0v) is 14.0. The number of sulfonamides is 1. The van der Waals surface area contributed by atoms with Crippen molar-refractivity contribution in [3.8, 4) is 0 Å². The minimum absolute atomic E-state index is 0.428. The molecule has 0 spiro atoms. The van der Waals surface area contributed by atoms with E-state index in [1.54, 1.807) is 15.6 Å². The molecule has 1 saturated heterocycles. The van der Waals surface area contributed by atoms with Crippen LogP contribution in [-0.2, 0) is 16.6 Å². The summed E-state index contributed by atoms with van der Waals surface area (Å²) in [6.45, 7) is 5.19. The van der Waals surface area contributed by atoms with Crippen molar-refractivity contribution in [2.45, 2.75) is 26.3 Å². The average molecular weight is 317 g/mol. The van der Waals surface area contributed by atoms with Crippen LogP contribution in [0.3, 0.4) is 0 Å². The molecule has 0 radical (unpaired) electrons. The fourth-order valence-electron chi connectivity index (χ4n) is 2.71. The molecular weight excluding hydrogens is 294 g/mol. The third-order valence-corrected chi connectivity index (χ3v) is 5.97. The summed E-state index contributed by atoms with van der Waals surface area (Å²) in [7, 11) is -0.949. The van der Waals surface area contributed by atoms with Gasteiger partial charge in [-0.25, -0.2) is 17.7 Å². The molecule has 0 aliphatic carbocycles. The van der Waals surface area contributed by atoms with Gasteiger partial charge < -0.3 is 4.90 Å². The Morgan fingerprint density at radius 3 is 2.90 bits per heavy atom. The highest BCUT2D eigenvalue weighted by molar-refractivity contribution is 7.88. The summed E-state index contributed by atoms with van der Waals surface area (Å²) >= 11 is 1.69. The van der Waals surface area contributed by atoms with Crippen molar-refractivity contribution >= 4 is 21.4 Å². The molecule has 1 aromatic heterocycles. The van der Waals surface area contributed by atoms with Gasteiger partial charge >= 0.3 is 0 Å². The van der Waals surface area contributed by atoms with Gasteiger partial charge in [0.25, 0.3) is 0 Å². The molecule has 1 aliphatic heterocycles. The number of thiazole rings is 1. The molecule has 1 aliphatic rings. The Labute approximate surface area is 125 Å². The molecule has 2 heterocycles. The Hall–Kier alpha value is -0.500. The van der Waals surface area contributed by atoms with Crippen LogP contribution in [-0.4, -0.2) is 55.5 Å². The van der Waals surface area contributed by atoms with Gasteiger partial charge in [0, 0.05) is 31.1 Å². The number of aromatic nitrogens is 1. The van der Waals surface area contributed by atoms with Crippen molar-refractivity contribution in [2.24, 2.45) is 5.92 Å². The summed E-state index contributed by atoms with van der Waals surface area (Å²) in [5, 5.41) is 0. The average Bonchev–Trinajstić information content (AvgIpc) is 2.74. The van der Waals surface area contributed by atoms with Crippen LogP contribution in [0.15, 0.2) is 5.51 Å². The highest BCUT2D eigenvalue weighted by Gasteiger charge is 2.26. The Balaban J connectivity index is 1.88. The first-order valence-corrected chi connectivity index (χ1v) is 9.61. The van der Waals surface area contributed by atoms with Crippen molar-refractivity contribution in [1.82, 2.24) is 14.2 Å². The standard InChI is InChI=1S/C13H23N3O2S2/c1-11-13(19-10-14-11)9-15(2)7-12-5-4-6-16(8-12)20(3,17)18/h10,12H,4-9H2,1-3H3/t12-/m1/s1. The van der Waals surface area contributed by atoms with Crippen molar-refractivity contribution < 1.29 is 8.42 Å². The van der Waals surface area contributed by atoms with E-state index in [4.69, 9.17) is 0 Å². The lowest BCUT2D eigenvalue weighted by atomic mass is 9.99. The minimum Gasteiger partial charge on any atom is -0.301 e. The first-order chi connectivity index (χ1) is 9.36. The van der Waals surface area contributed by atoms with E-state index in [0.717, 1.165) is 31.6 Å². The lowest BCUT2D eigenvalue weighted by Crippen LogP contribution is -2.42. The monoisotopic (exact) mass is 317 g/mol. The van der Waals surface area contributed by atoms with Crippen LogP contribution < -0.4 is 0 Å². The number of piperidine rings is 1. The van der Waals surface area contributed by atoms with Crippen molar-refractivity contribution in [2.75, 3.05) is 32.9 Å². The maximum Gasteiger partial charge on any atom is 0.211 e. The van der Waals surface area contributed by atoms with Gasteiger partial charge in [-0.3, -0.25) is 0 Å². The van der Waals surface area contributed by atoms with E-state index in [1.165, 1.54) is 11.1 Å². The van der Waals surface area contributed by atoms with Crippen LogP contribution in [0, 0.1) is 12.8 Å². The molecule has 1 fully saturated rings. The van der Waals surface area contributed by atoms with Gasteiger partial charge in [-0.15, -0.1) is 11.3 Å². The second-order valence-corrected chi connectivity index (χ2v) is 8.61. The molecule has 0 unspecified atom stereocenters. The molecule has 20 heavy (non-hydrogen) atoms. The van der Waals surface area contributed by atoms with Gasteiger partial charge in [-0.2, -0.15) is 0 Å². The summed E-state index contributed by atoms with van der Waals surface area (Å²) in [6.07, 6.45) is 3.38. The predicted octanol–water partition coefficient (Wildman–Crippen LogP) is 1.55. The van der Waals surface area contributed by atoms with Gasteiger partial charge in [0.2, 0.25) is 10.0 Å². The molecule has 7 heteroatoms.